The number of rotatable bonds is 3. The molecule has 0 aliphatic rings. The molecule has 0 saturated heterocycles. The molecule has 3 nitrogen and oxygen atoms in total. The standard InChI is InChI=1S/C12H11BrClN3/c13-9-5-8(6-16-7-9)12(17-15)10-3-1-2-4-11(10)14/h1-7,12,17H,15H2. The summed E-state index contributed by atoms with van der Waals surface area (Å²) >= 11 is 9.55. The summed E-state index contributed by atoms with van der Waals surface area (Å²) in [5, 5.41) is 0.676. The molecule has 5 heteroatoms. The number of nitrogens with zero attached hydrogens (tertiary/aromatic N) is 1. The van der Waals surface area contributed by atoms with Gasteiger partial charge in [0.25, 0.3) is 0 Å². The van der Waals surface area contributed by atoms with Gasteiger partial charge in [-0.25, -0.2) is 5.43 Å². The fourth-order valence-corrected chi connectivity index (χ4v) is 2.29. The van der Waals surface area contributed by atoms with Gasteiger partial charge in [0.2, 0.25) is 0 Å². The van der Waals surface area contributed by atoms with E-state index in [-0.39, 0.29) is 6.04 Å². The fraction of sp³-hybridized carbons (Fsp3) is 0.0833. The van der Waals surface area contributed by atoms with Crippen LogP contribution in [0.3, 0.4) is 0 Å². The molecule has 88 valence electrons. The first kappa shape index (κ1) is 12.5. The monoisotopic (exact) mass is 311 g/mol. The summed E-state index contributed by atoms with van der Waals surface area (Å²) in [6.45, 7) is 0. The Morgan fingerprint density at radius 2 is 2.06 bits per heavy atom. The van der Waals surface area contributed by atoms with Gasteiger partial charge in [-0.3, -0.25) is 10.8 Å². The Hall–Kier alpha value is -0.940. The molecule has 0 radical (unpaired) electrons. The minimum atomic E-state index is -0.173. The molecule has 1 atom stereocenters. The number of benzene rings is 1. The van der Waals surface area contributed by atoms with E-state index in [9.17, 15) is 0 Å². The number of nitrogens with two attached hydrogens (primary N) is 1. The van der Waals surface area contributed by atoms with Crippen LogP contribution in [0.5, 0.6) is 0 Å². The molecule has 0 aliphatic heterocycles. The third-order valence-corrected chi connectivity index (χ3v) is 3.22. The van der Waals surface area contributed by atoms with Crippen LogP contribution in [0.1, 0.15) is 17.2 Å². The number of hydrogen-bond donors (Lipinski definition) is 2. The zero-order valence-electron chi connectivity index (χ0n) is 8.90. The van der Waals surface area contributed by atoms with Gasteiger partial charge in [0.05, 0.1) is 6.04 Å². The summed E-state index contributed by atoms with van der Waals surface area (Å²) in [5.74, 6) is 5.60. The Morgan fingerprint density at radius 3 is 2.71 bits per heavy atom. The van der Waals surface area contributed by atoms with Crippen molar-refractivity contribution in [2.75, 3.05) is 0 Å². The lowest BCUT2D eigenvalue weighted by molar-refractivity contribution is 0.634. The average molecular weight is 313 g/mol. The van der Waals surface area contributed by atoms with E-state index in [4.69, 9.17) is 17.4 Å². The summed E-state index contributed by atoms with van der Waals surface area (Å²) < 4.78 is 0.905. The second kappa shape index (κ2) is 5.60. The molecule has 0 fully saturated rings. The first-order chi connectivity index (χ1) is 8.22. The molecule has 2 rings (SSSR count). The van der Waals surface area contributed by atoms with Gasteiger partial charge in [0.1, 0.15) is 0 Å². The van der Waals surface area contributed by atoms with Gasteiger partial charge in [0.15, 0.2) is 0 Å². The lowest BCUT2D eigenvalue weighted by Gasteiger charge is -2.17. The number of pyridine rings is 1. The quantitative estimate of drug-likeness (QED) is 0.676. The highest BCUT2D eigenvalue weighted by molar-refractivity contribution is 9.10. The second-order valence-electron chi connectivity index (χ2n) is 3.56. The van der Waals surface area contributed by atoms with Crippen molar-refractivity contribution in [3.63, 3.8) is 0 Å². The van der Waals surface area contributed by atoms with Crippen molar-refractivity contribution >= 4 is 27.5 Å². The molecular formula is C12H11BrClN3. The van der Waals surface area contributed by atoms with Crippen molar-refractivity contribution in [2.24, 2.45) is 5.84 Å². The smallest absolute Gasteiger partial charge is 0.0739 e. The largest absolute Gasteiger partial charge is 0.271 e. The van der Waals surface area contributed by atoms with Crippen LogP contribution < -0.4 is 11.3 Å². The zero-order chi connectivity index (χ0) is 12.3. The number of halogens is 2. The number of aromatic nitrogens is 1. The summed E-state index contributed by atoms with van der Waals surface area (Å²) in [6, 6.07) is 9.38. The summed E-state index contributed by atoms with van der Waals surface area (Å²) in [5.41, 5.74) is 4.64. The van der Waals surface area contributed by atoms with Crippen LogP contribution in [0.15, 0.2) is 47.2 Å². The van der Waals surface area contributed by atoms with Crippen molar-refractivity contribution in [1.29, 1.82) is 0 Å². The summed E-state index contributed by atoms with van der Waals surface area (Å²) in [6.07, 6.45) is 3.49. The first-order valence-corrected chi connectivity index (χ1v) is 6.20. The number of hydrogen-bond acceptors (Lipinski definition) is 3. The minimum absolute atomic E-state index is 0.173. The molecule has 0 saturated carbocycles. The Morgan fingerprint density at radius 1 is 1.29 bits per heavy atom. The molecular weight excluding hydrogens is 302 g/mol. The summed E-state index contributed by atoms with van der Waals surface area (Å²) in [4.78, 5) is 4.12. The van der Waals surface area contributed by atoms with Gasteiger partial charge in [-0.1, -0.05) is 29.8 Å². The molecule has 1 aromatic heterocycles. The van der Waals surface area contributed by atoms with Gasteiger partial charge in [0, 0.05) is 21.9 Å². The van der Waals surface area contributed by atoms with Crippen LogP contribution in [0, 0.1) is 0 Å². The summed E-state index contributed by atoms with van der Waals surface area (Å²) in [7, 11) is 0. The Kier molecular flexibility index (Phi) is 4.12. The molecule has 3 N–H and O–H groups in total. The molecule has 0 spiro atoms. The number of nitrogens with one attached hydrogen (secondary N) is 1. The van der Waals surface area contributed by atoms with Gasteiger partial charge in [-0.2, -0.15) is 0 Å². The highest BCUT2D eigenvalue weighted by Crippen LogP contribution is 2.28. The molecule has 0 amide bonds. The van der Waals surface area contributed by atoms with Crippen LogP contribution >= 0.6 is 27.5 Å². The molecule has 1 unspecified atom stereocenters. The van der Waals surface area contributed by atoms with E-state index < -0.39 is 0 Å². The van der Waals surface area contributed by atoms with E-state index in [2.05, 4.69) is 26.3 Å². The van der Waals surface area contributed by atoms with Gasteiger partial charge in [-0.05, 0) is 39.2 Å². The molecule has 0 bridgehead atoms. The lowest BCUT2D eigenvalue weighted by atomic mass is 10.0. The maximum atomic E-state index is 6.16. The molecule has 17 heavy (non-hydrogen) atoms. The van der Waals surface area contributed by atoms with Crippen LogP contribution in [0.2, 0.25) is 5.02 Å². The predicted octanol–water partition coefficient (Wildman–Crippen LogP) is 3.05. The van der Waals surface area contributed by atoms with E-state index in [1.165, 1.54) is 0 Å². The topological polar surface area (TPSA) is 50.9 Å². The van der Waals surface area contributed by atoms with Crippen molar-refractivity contribution in [3.05, 3.63) is 63.3 Å². The third-order valence-electron chi connectivity index (χ3n) is 2.44. The molecule has 2 aromatic rings. The third kappa shape index (κ3) is 2.84. The van der Waals surface area contributed by atoms with Crippen LogP contribution in [0.25, 0.3) is 0 Å². The van der Waals surface area contributed by atoms with E-state index in [1.54, 1.807) is 12.4 Å². The average Bonchev–Trinajstić information content (AvgIpc) is 2.33. The molecule has 0 aliphatic carbocycles. The SMILES string of the molecule is NNC(c1cncc(Br)c1)c1ccccc1Cl. The lowest BCUT2D eigenvalue weighted by Crippen LogP contribution is -2.29. The Labute approximate surface area is 113 Å². The highest BCUT2D eigenvalue weighted by Gasteiger charge is 2.15. The Bertz CT molecular complexity index is 519. The van der Waals surface area contributed by atoms with E-state index >= 15 is 0 Å². The van der Waals surface area contributed by atoms with Crippen molar-refractivity contribution in [3.8, 4) is 0 Å². The van der Waals surface area contributed by atoms with E-state index in [0.29, 0.717) is 5.02 Å². The van der Waals surface area contributed by atoms with Crippen LogP contribution in [-0.4, -0.2) is 4.98 Å². The van der Waals surface area contributed by atoms with Crippen molar-refractivity contribution in [2.45, 2.75) is 6.04 Å². The maximum Gasteiger partial charge on any atom is 0.0739 e. The Balaban J connectivity index is 2.44. The highest BCUT2D eigenvalue weighted by atomic mass is 79.9. The minimum Gasteiger partial charge on any atom is -0.271 e. The molecule has 1 heterocycles. The first-order valence-electron chi connectivity index (χ1n) is 5.03. The maximum absolute atomic E-state index is 6.16. The second-order valence-corrected chi connectivity index (χ2v) is 4.88. The normalized spacial score (nSPS) is 12.4. The molecule has 1 aromatic carbocycles. The van der Waals surface area contributed by atoms with Gasteiger partial charge >= 0.3 is 0 Å². The van der Waals surface area contributed by atoms with E-state index in [1.807, 2.05) is 30.3 Å². The zero-order valence-corrected chi connectivity index (χ0v) is 11.2. The fourth-order valence-electron chi connectivity index (χ4n) is 1.66. The van der Waals surface area contributed by atoms with Gasteiger partial charge < -0.3 is 0 Å². The van der Waals surface area contributed by atoms with Crippen molar-refractivity contribution < 1.29 is 0 Å². The predicted molar refractivity (Wildman–Crippen MR) is 72.6 cm³/mol. The van der Waals surface area contributed by atoms with Crippen molar-refractivity contribution in [1.82, 2.24) is 10.4 Å². The van der Waals surface area contributed by atoms with Crippen LogP contribution in [0.4, 0.5) is 0 Å². The number of hydrazine groups is 1. The van der Waals surface area contributed by atoms with Crippen LogP contribution in [-0.2, 0) is 0 Å². The van der Waals surface area contributed by atoms with E-state index in [0.717, 1.165) is 15.6 Å². The van der Waals surface area contributed by atoms with Gasteiger partial charge in [-0.15, -0.1) is 0 Å².